The highest BCUT2D eigenvalue weighted by Crippen LogP contribution is 2.52. The Morgan fingerprint density at radius 1 is 0.766 bits per heavy atom. The highest BCUT2D eigenvalue weighted by Gasteiger charge is 2.48. The smallest absolute Gasteiger partial charge is 0.337 e. The van der Waals surface area contributed by atoms with E-state index in [1.54, 1.807) is 31.2 Å². The van der Waals surface area contributed by atoms with Crippen molar-refractivity contribution in [2.75, 3.05) is 47.8 Å². The third kappa shape index (κ3) is 10.1. The van der Waals surface area contributed by atoms with E-state index in [1.165, 1.54) is 20.3 Å². The summed E-state index contributed by atoms with van der Waals surface area (Å²) in [6.07, 6.45) is -14.3. The fraction of sp³-hybridized carbons (Fsp3) is 0.581. The van der Waals surface area contributed by atoms with Gasteiger partial charge >= 0.3 is 11.9 Å². The van der Waals surface area contributed by atoms with Gasteiger partial charge in [-0.1, -0.05) is 18.2 Å². The summed E-state index contributed by atoms with van der Waals surface area (Å²) >= 11 is 0. The third-order valence-corrected chi connectivity index (χ3v) is 11.7. The lowest BCUT2D eigenvalue weighted by molar-refractivity contribution is -0.327. The Kier molecular flexibility index (Phi) is 16.5. The Morgan fingerprint density at radius 2 is 1.42 bits per heavy atom. The van der Waals surface area contributed by atoms with Crippen molar-refractivity contribution in [3.63, 3.8) is 0 Å². The van der Waals surface area contributed by atoms with Crippen molar-refractivity contribution in [2.24, 2.45) is 5.92 Å². The van der Waals surface area contributed by atoms with E-state index in [0.717, 1.165) is 18.9 Å². The molecule has 0 spiro atoms. The minimum absolute atomic E-state index is 0.0128. The molecule has 4 aliphatic rings. The van der Waals surface area contributed by atoms with Gasteiger partial charge in [0.15, 0.2) is 29.3 Å². The van der Waals surface area contributed by atoms with Crippen LogP contribution in [0.5, 0.6) is 23.0 Å². The second-order valence-electron chi connectivity index (χ2n) is 15.5. The maximum absolute atomic E-state index is 13.3. The summed E-state index contributed by atoms with van der Waals surface area (Å²) < 4.78 is 56.3. The van der Waals surface area contributed by atoms with Crippen LogP contribution in [-0.4, -0.2) is 173 Å². The molecule has 4 aliphatic heterocycles. The molecule has 9 N–H and O–H groups in total. The number of carbonyl (C=O) groups excluding carboxylic acids is 2. The van der Waals surface area contributed by atoms with Crippen LogP contribution in [0.4, 0.5) is 0 Å². The van der Waals surface area contributed by atoms with E-state index in [2.05, 4.69) is 0 Å². The van der Waals surface area contributed by atoms with E-state index in [0.29, 0.717) is 35.5 Å². The molecular weight excluding hydrogens is 852 g/mol. The number of aliphatic hydroxyl groups excluding tert-OH is 9. The Morgan fingerprint density at radius 3 is 2.03 bits per heavy atom. The van der Waals surface area contributed by atoms with Crippen molar-refractivity contribution in [1.29, 1.82) is 0 Å². The van der Waals surface area contributed by atoms with Crippen LogP contribution < -0.4 is 18.9 Å². The lowest BCUT2D eigenvalue weighted by atomic mass is 9.86. The first-order chi connectivity index (χ1) is 30.7. The number of fused-ring (bicyclic) bond motifs is 1. The first-order valence-corrected chi connectivity index (χ1v) is 20.6. The minimum Gasteiger partial charge on any atom is -0.493 e. The molecule has 0 saturated carbocycles. The summed E-state index contributed by atoms with van der Waals surface area (Å²) in [6, 6.07) is 8.47. The molecule has 0 radical (unpaired) electrons. The highest BCUT2D eigenvalue weighted by molar-refractivity contribution is 5.90. The van der Waals surface area contributed by atoms with Gasteiger partial charge in [0.05, 0.1) is 71.9 Å². The molecule has 2 fully saturated rings. The van der Waals surface area contributed by atoms with Crippen molar-refractivity contribution < 1.29 is 103 Å². The quantitative estimate of drug-likeness (QED) is 0.0509. The second-order valence-corrected chi connectivity index (χ2v) is 15.5. The first-order valence-electron chi connectivity index (χ1n) is 20.6. The van der Waals surface area contributed by atoms with E-state index in [4.69, 9.17) is 47.4 Å². The molecule has 14 atom stereocenters. The maximum Gasteiger partial charge on any atom is 0.337 e. The fourth-order valence-corrected chi connectivity index (χ4v) is 8.11. The highest BCUT2D eigenvalue weighted by atomic mass is 16.8. The number of hydrogen-bond donors (Lipinski definition) is 9. The van der Waals surface area contributed by atoms with Crippen LogP contribution in [0.3, 0.4) is 0 Å². The Bertz CT molecular complexity index is 1980. The molecule has 21 heteroatoms. The molecule has 2 aromatic carbocycles. The monoisotopic (exact) mass is 908 g/mol. The van der Waals surface area contributed by atoms with Crippen molar-refractivity contribution in [2.45, 2.75) is 106 Å². The molecule has 6 rings (SSSR count). The number of aliphatic hydroxyl groups is 9. The van der Waals surface area contributed by atoms with E-state index in [1.807, 2.05) is 6.07 Å². The molecule has 4 heterocycles. The van der Waals surface area contributed by atoms with Crippen molar-refractivity contribution >= 4 is 11.9 Å². The van der Waals surface area contributed by atoms with Crippen molar-refractivity contribution in [3.8, 4) is 23.0 Å². The summed E-state index contributed by atoms with van der Waals surface area (Å²) in [7, 11) is 4.03. The topological polar surface area (TPSA) is 309 Å². The molecule has 354 valence electrons. The molecule has 0 aliphatic carbocycles. The Hall–Kier alpha value is -4.62. The van der Waals surface area contributed by atoms with Gasteiger partial charge in [0.2, 0.25) is 12.6 Å². The van der Waals surface area contributed by atoms with Crippen LogP contribution in [0.2, 0.25) is 0 Å². The zero-order valence-corrected chi connectivity index (χ0v) is 35.5. The van der Waals surface area contributed by atoms with Gasteiger partial charge in [0, 0.05) is 17.1 Å². The second kappa shape index (κ2) is 21.6. The predicted octanol–water partition coefficient (Wildman–Crippen LogP) is -1.25. The van der Waals surface area contributed by atoms with Gasteiger partial charge in [0.25, 0.3) is 0 Å². The molecule has 64 heavy (non-hydrogen) atoms. The Balaban J connectivity index is 1.09. The molecule has 2 aromatic rings. The number of benzene rings is 2. The summed E-state index contributed by atoms with van der Waals surface area (Å²) in [5.74, 6) is -1.83. The number of hydrogen-bond acceptors (Lipinski definition) is 21. The van der Waals surface area contributed by atoms with Gasteiger partial charge in [-0.2, -0.15) is 0 Å². The number of rotatable bonds is 17. The lowest BCUT2D eigenvalue weighted by Crippen LogP contribution is -2.60. The zero-order valence-electron chi connectivity index (χ0n) is 35.5. The fourth-order valence-electron chi connectivity index (χ4n) is 8.11. The minimum atomic E-state index is -1.73. The van der Waals surface area contributed by atoms with Crippen LogP contribution in [0, 0.1) is 5.92 Å². The summed E-state index contributed by atoms with van der Waals surface area (Å²) in [5, 5.41) is 91.5. The molecule has 0 aromatic heterocycles. The Labute approximate surface area is 367 Å². The van der Waals surface area contributed by atoms with Crippen LogP contribution in [0.1, 0.15) is 48.5 Å². The number of esters is 2. The van der Waals surface area contributed by atoms with E-state index >= 15 is 0 Å². The SMILES string of the molecule is CC=C1[C@H](O[C@@H]2O[C@H](CO)[C@@H](O)[C@H](O)[C@H]2O)OC=C(C(=O)OC)[C@H]1CC(=O)OCCCc1cc(OC)c2c(c1)[C@H](CO)[C@@H](c1ccc(O[C@@H]3O[C@H](CO)[C@@H](O)[C@H](O)[C@H]3O)c(OC)c1)O2. The lowest BCUT2D eigenvalue weighted by Gasteiger charge is -2.41. The van der Waals surface area contributed by atoms with Gasteiger partial charge in [-0.25, -0.2) is 4.79 Å². The first kappa shape index (κ1) is 48.8. The van der Waals surface area contributed by atoms with Gasteiger partial charge < -0.3 is 93.3 Å². The van der Waals surface area contributed by atoms with Crippen LogP contribution in [-0.2, 0) is 44.4 Å². The molecule has 0 unspecified atom stereocenters. The largest absolute Gasteiger partial charge is 0.493 e. The van der Waals surface area contributed by atoms with Crippen molar-refractivity contribution in [1.82, 2.24) is 0 Å². The van der Waals surface area contributed by atoms with E-state index in [9.17, 15) is 55.5 Å². The summed E-state index contributed by atoms with van der Waals surface area (Å²) in [5.41, 5.74) is 2.31. The number of aryl methyl sites for hydroxylation is 1. The average molecular weight is 909 g/mol. The number of methoxy groups -OCH3 is 3. The summed E-state index contributed by atoms with van der Waals surface area (Å²) in [6.45, 7) is -0.0383. The zero-order chi connectivity index (χ0) is 46.4. The molecule has 0 amide bonds. The molecule has 0 bridgehead atoms. The van der Waals surface area contributed by atoms with Gasteiger partial charge in [-0.3, -0.25) is 4.79 Å². The standard InChI is InChI=1S/C43H56O21/c1-5-21-22(25(40(54)57-4)18-59-41(21)64-43-37(53)35(51)33(49)30(17-46)62-43)14-31(47)58-10-6-7-19-11-23-24(15-44)38(63-39(23)28(12-19)56-3)20-8-9-26(27(13-20)55-2)60-42-36(52)34(50)32(48)29(16-45)61-42/h5,8-9,11-13,18,22,24,29-30,32-38,41-46,48-53H,6-7,10,14-17H2,1-4H3/t22-,24-,29+,30+,32+,33+,34-,35-,36+,37+,38+,41-,42+,43-/m0/s1. The van der Waals surface area contributed by atoms with Gasteiger partial charge in [0.1, 0.15) is 54.9 Å². The average Bonchev–Trinajstić information content (AvgIpc) is 3.68. The van der Waals surface area contributed by atoms with Gasteiger partial charge in [-0.05, 0) is 49.1 Å². The number of ether oxygens (including phenoxy) is 10. The predicted molar refractivity (Wildman–Crippen MR) is 215 cm³/mol. The summed E-state index contributed by atoms with van der Waals surface area (Å²) in [4.78, 5) is 26.1. The molecule has 2 saturated heterocycles. The third-order valence-electron chi connectivity index (χ3n) is 11.7. The van der Waals surface area contributed by atoms with Crippen molar-refractivity contribution in [3.05, 3.63) is 70.5 Å². The maximum atomic E-state index is 13.3. The van der Waals surface area contributed by atoms with Crippen LogP contribution >= 0.6 is 0 Å². The van der Waals surface area contributed by atoms with Crippen LogP contribution in [0.15, 0.2) is 53.8 Å². The molecular formula is C43H56O21. The van der Waals surface area contributed by atoms with E-state index in [-0.39, 0.29) is 42.3 Å². The number of allylic oxidation sites excluding steroid dienone is 1. The van der Waals surface area contributed by atoms with E-state index < -0.39 is 111 Å². The normalized spacial score (nSPS) is 33.0. The van der Waals surface area contributed by atoms with Crippen LogP contribution in [0.25, 0.3) is 0 Å². The number of carbonyl (C=O) groups is 2. The molecule has 21 nitrogen and oxygen atoms in total. The van der Waals surface area contributed by atoms with Gasteiger partial charge in [-0.15, -0.1) is 0 Å².